The van der Waals surface area contributed by atoms with Crippen molar-refractivity contribution in [1.29, 1.82) is 0 Å². The lowest BCUT2D eigenvalue weighted by Crippen LogP contribution is -2.69. The summed E-state index contributed by atoms with van der Waals surface area (Å²) in [6.45, 7) is 13.3. The van der Waals surface area contributed by atoms with Crippen LogP contribution in [0.3, 0.4) is 0 Å². The van der Waals surface area contributed by atoms with Gasteiger partial charge in [0.15, 0.2) is 0 Å². The number of rotatable bonds is 2. The maximum atomic E-state index is 12.3. The van der Waals surface area contributed by atoms with E-state index in [-0.39, 0.29) is 22.8 Å². The zero-order valence-electron chi connectivity index (χ0n) is 12.9. The molecule has 2 nitrogen and oxygen atoms in total. The molecular weight excluding hydrogens is 234 g/mol. The van der Waals surface area contributed by atoms with Crippen LogP contribution in [0.1, 0.15) is 50.5 Å². The summed E-state index contributed by atoms with van der Waals surface area (Å²) < 4.78 is 0. The summed E-state index contributed by atoms with van der Waals surface area (Å²) in [5.74, 6) is 0.640. The van der Waals surface area contributed by atoms with Gasteiger partial charge >= 0.3 is 0 Å². The third kappa shape index (κ3) is 2.18. The molecule has 104 valence electrons. The first-order chi connectivity index (χ1) is 8.67. The Labute approximate surface area is 116 Å². The van der Waals surface area contributed by atoms with Crippen LogP contribution in [0, 0.1) is 23.7 Å². The summed E-state index contributed by atoms with van der Waals surface area (Å²) >= 11 is 0. The summed E-state index contributed by atoms with van der Waals surface area (Å²) in [6.07, 6.45) is 0. The molecule has 0 aliphatic heterocycles. The van der Waals surface area contributed by atoms with Gasteiger partial charge in [-0.15, -0.1) is 0 Å². The molecule has 0 unspecified atom stereocenters. The Kier molecular flexibility index (Phi) is 3.24. The SMILES string of the molecule is Cc1ccc(C(=O)NC2C(C)(C)C(C)C2(C)C)cc1. The van der Waals surface area contributed by atoms with E-state index in [9.17, 15) is 4.79 Å². The monoisotopic (exact) mass is 259 g/mol. The molecule has 0 spiro atoms. The lowest BCUT2D eigenvalue weighted by Gasteiger charge is -2.63. The molecule has 0 atom stereocenters. The summed E-state index contributed by atoms with van der Waals surface area (Å²) in [7, 11) is 0. The second-order valence-electron chi connectivity index (χ2n) is 7.14. The predicted molar refractivity (Wildman–Crippen MR) is 79.2 cm³/mol. The van der Waals surface area contributed by atoms with Crippen LogP contribution >= 0.6 is 0 Å². The van der Waals surface area contributed by atoms with Gasteiger partial charge in [-0.1, -0.05) is 52.3 Å². The number of benzene rings is 1. The minimum atomic E-state index is 0.0399. The van der Waals surface area contributed by atoms with Gasteiger partial charge in [-0.25, -0.2) is 0 Å². The molecule has 2 rings (SSSR count). The van der Waals surface area contributed by atoms with Crippen molar-refractivity contribution in [3.8, 4) is 0 Å². The average molecular weight is 259 g/mol. The molecule has 0 aromatic heterocycles. The molecule has 0 bridgehead atoms. The van der Waals surface area contributed by atoms with Gasteiger partial charge in [0.05, 0.1) is 0 Å². The highest BCUT2D eigenvalue weighted by atomic mass is 16.1. The Hall–Kier alpha value is -1.31. The van der Waals surface area contributed by atoms with Crippen molar-refractivity contribution in [2.75, 3.05) is 0 Å². The van der Waals surface area contributed by atoms with E-state index in [1.807, 2.05) is 31.2 Å². The van der Waals surface area contributed by atoms with Gasteiger partial charge in [0.25, 0.3) is 5.91 Å². The fraction of sp³-hybridized carbons (Fsp3) is 0.588. The fourth-order valence-electron chi connectivity index (χ4n) is 3.61. The number of hydrogen-bond acceptors (Lipinski definition) is 1. The summed E-state index contributed by atoms with van der Waals surface area (Å²) in [6, 6.07) is 7.98. The highest BCUT2D eigenvalue weighted by molar-refractivity contribution is 5.94. The van der Waals surface area contributed by atoms with E-state index in [0.717, 1.165) is 5.56 Å². The zero-order chi connectivity index (χ0) is 14.4. The molecule has 2 heteroatoms. The normalized spacial score (nSPS) is 27.5. The topological polar surface area (TPSA) is 29.1 Å². The van der Waals surface area contributed by atoms with Gasteiger partial charge in [0.2, 0.25) is 0 Å². The third-order valence-electron chi connectivity index (χ3n) is 5.31. The van der Waals surface area contributed by atoms with Gasteiger partial charge in [0, 0.05) is 11.6 Å². The highest BCUT2D eigenvalue weighted by Gasteiger charge is 2.59. The van der Waals surface area contributed by atoms with E-state index in [1.54, 1.807) is 0 Å². The number of aryl methyl sites for hydroxylation is 1. The van der Waals surface area contributed by atoms with E-state index >= 15 is 0 Å². The first-order valence-electron chi connectivity index (χ1n) is 7.05. The van der Waals surface area contributed by atoms with E-state index in [1.165, 1.54) is 5.56 Å². The largest absolute Gasteiger partial charge is 0.348 e. The zero-order valence-corrected chi connectivity index (χ0v) is 12.9. The van der Waals surface area contributed by atoms with E-state index in [4.69, 9.17) is 0 Å². The van der Waals surface area contributed by atoms with Crippen molar-refractivity contribution < 1.29 is 4.79 Å². The van der Waals surface area contributed by atoms with Crippen LogP contribution in [0.25, 0.3) is 0 Å². The van der Waals surface area contributed by atoms with Crippen LogP contribution in [-0.2, 0) is 0 Å². The lowest BCUT2D eigenvalue weighted by atomic mass is 9.45. The molecule has 1 amide bonds. The second-order valence-corrected chi connectivity index (χ2v) is 7.14. The van der Waals surface area contributed by atoms with E-state index in [2.05, 4.69) is 39.9 Å². The summed E-state index contributed by atoms with van der Waals surface area (Å²) in [4.78, 5) is 12.3. The van der Waals surface area contributed by atoms with Gasteiger partial charge in [0.1, 0.15) is 0 Å². The minimum Gasteiger partial charge on any atom is -0.348 e. The lowest BCUT2D eigenvalue weighted by molar-refractivity contribution is -0.110. The number of carbonyl (C=O) groups excluding carboxylic acids is 1. The molecule has 0 heterocycles. The molecule has 1 fully saturated rings. The Morgan fingerprint density at radius 1 is 1.05 bits per heavy atom. The molecular formula is C17H25NO. The summed E-state index contributed by atoms with van der Waals surface area (Å²) in [5.41, 5.74) is 2.24. The number of carbonyl (C=O) groups is 1. The van der Waals surface area contributed by atoms with Gasteiger partial charge in [-0.05, 0) is 35.8 Å². The average Bonchev–Trinajstić information content (AvgIpc) is 2.35. The fourth-order valence-corrected chi connectivity index (χ4v) is 3.61. The smallest absolute Gasteiger partial charge is 0.251 e. The van der Waals surface area contributed by atoms with Crippen LogP contribution in [-0.4, -0.2) is 11.9 Å². The molecule has 0 saturated heterocycles. The molecule has 1 aromatic rings. The van der Waals surface area contributed by atoms with Crippen molar-refractivity contribution in [2.45, 2.75) is 47.6 Å². The van der Waals surface area contributed by atoms with Gasteiger partial charge in [-0.3, -0.25) is 4.79 Å². The minimum absolute atomic E-state index is 0.0399. The Bertz CT molecular complexity index is 468. The van der Waals surface area contributed by atoms with Crippen molar-refractivity contribution in [3.63, 3.8) is 0 Å². The van der Waals surface area contributed by atoms with Gasteiger partial charge < -0.3 is 5.32 Å². The Morgan fingerprint density at radius 3 is 2.00 bits per heavy atom. The van der Waals surface area contributed by atoms with Crippen LogP contribution < -0.4 is 5.32 Å². The highest BCUT2D eigenvalue weighted by Crippen LogP contribution is 2.58. The van der Waals surface area contributed by atoms with Crippen molar-refractivity contribution in [3.05, 3.63) is 35.4 Å². The predicted octanol–water partition coefficient (Wildman–Crippen LogP) is 3.80. The molecule has 1 aromatic carbocycles. The number of nitrogens with one attached hydrogen (secondary N) is 1. The van der Waals surface area contributed by atoms with Crippen LogP contribution in [0.2, 0.25) is 0 Å². The first-order valence-corrected chi connectivity index (χ1v) is 7.05. The first kappa shape index (κ1) is 14.1. The maximum absolute atomic E-state index is 12.3. The Morgan fingerprint density at radius 2 is 1.53 bits per heavy atom. The second kappa shape index (κ2) is 4.36. The molecule has 0 radical (unpaired) electrons. The molecule has 1 saturated carbocycles. The van der Waals surface area contributed by atoms with Gasteiger partial charge in [-0.2, -0.15) is 0 Å². The molecule has 1 aliphatic carbocycles. The van der Waals surface area contributed by atoms with Crippen LogP contribution in [0.5, 0.6) is 0 Å². The number of amides is 1. The van der Waals surface area contributed by atoms with E-state index < -0.39 is 0 Å². The van der Waals surface area contributed by atoms with Crippen molar-refractivity contribution >= 4 is 5.91 Å². The molecule has 1 N–H and O–H groups in total. The van der Waals surface area contributed by atoms with Crippen LogP contribution in [0.15, 0.2) is 24.3 Å². The van der Waals surface area contributed by atoms with Crippen molar-refractivity contribution in [2.24, 2.45) is 16.7 Å². The maximum Gasteiger partial charge on any atom is 0.251 e. The third-order valence-corrected chi connectivity index (χ3v) is 5.31. The van der Waals surface area contributed by atoms with Crippen LogP contribution in [0.4, 0.5) is 0 Å². The molecule has 19 heavy (non-hydrogen) atoms. The molecule has 1 aliphatic rings. The standard InChI is InChI=1S/C17H25NO/c1-11-7-9-13(10-8-11)14(19)18-15-16(3,4)12(2)17(15,5)6/h7-10,12,15H,1-6H3,(H,18,19). The quantitative estimate of drug-likeness (QED) is 0.860. The number of hydrogen-bond donors (Lipinski definition) is 1. The van der Waals surface area contributed by atoms with E-state index in [0.29, 0.717) is 5.92 Å². The van der Waals surface area contributed by atoms with Crippen molar-refractivity contribution in [1.82, 2.24) is 5.32 Å². The summed E-state index contributed by atoms with van der Waals surface area (Å²) in [5, 5.41) is 3.22. The Balaban J connectivity index is 2.13.